The summed E-state index contributed by atoms with van der Waals surface area (Å²) in [6.07, 6.45) is 4.34. The summed E-state index contributed by atoms with van der Waals surface area (Å²) < 4.78 is 0. The molecule has 4 rings (SSSR count). The molecule has 2 aromatic heterocycles. The van der Waals surface area contributed by atoms with E-state index in [9.17, 15) is 14.4 Å². The van der Waals surface area contributed by atoms with Crippen LogP contribution in [0.1, 0.15) is 40.3 Å². The standard InChI is InChI=1S/C15H16N4O3S/c20-12-8(4-2-6-16-12)17-14(22)11-18-13(21)10-7-3-1-5-9(7)23-15(10)19-11/h8H,1-6H2,(H,16,20)(H,17,22)(H,18,19,21). The zero-order chi connectivity index (χ0) is 16.0. The van der Waals surface area contributed by atoms with E-state index in [4.69, 9.17) is 0 Å². The number of H-pyrrole nitrogens is 1. The Morgan fingerprint density at radius 3 is 2.96 bits per heavy atom. The second-order valence-electron chi connectivity index (χ2n) is 5.91. The molecule has 2 amide bonds. The van der Waals surface area contributed by atoms with Crippen molar-refractivity contribution >= 4 is 33.4 Å². The first kappa shape index (κ1) is 14.4. The van der Waals surface area contributed by atoms with Gasteiger partial charge in [-0.15, -0.1) is 11.3 Å². The van der Waals surface area contributed by atoms with Crippen molar-refractivity contribution in [3.8, 4) is 0 Å². The molecule has 3 N–H and O–H groups in total. The Morgan fingerprint density at radius 1 is 1.26 bits per heavy atom. The van der Waals surface area contributed by atoms with Crippen LogP contribution in [0.4, 0.5) is 0 Å². The Hall–Kier alpha value is -2.22. The van der Waals surface area contributed by atoms with Crippen LogP contribution in [0.3, 0.4) is 0 Å². The normalized spacial score (nSPS) is 20.3. The van der Waals surface area contributed by atoms with Crippen LogP contribution in [0.15, 0.2) is 4.79 Å². The van der Waals surface area contributed by atoms with E-state index in [1.807, 2.05) is 0 Å². The Balaban J connectivity index is 1.65. The van der Waals surface area contributed by atoms with E-state index in [1.165, 1.54) is 16.2 Å². The van der Waals surface area contributed by atoms with Gasteiger partial charge < -0.3 is 15.6 Å². The molecule has 8 heteroatoms. The fraction of sp³-hybridized carbons (Fsp3) is 0.467. The molecule has 2 aliphatic rings. The first-order valence-electron chi connectivity index (χ1n) is 7.76. The maximum absolute atomic E-state index is 12.3. The van der Waals surface area contributed by atoms with Gasteiger partial charge in [-0.2, -0.15) is 0 Å². The fourth-order valence-electron chi connectivity index (χ4n) is 3.25. The van der Waals surface area contributed by atoms with Gasteiger partial charge in [0.1, 0.15) is 10.9 Å². The average Bonchev–Trinajstić information content (AvgIpc) is 3.09. The van der Waals surface area contributed by atoms with E-state index in [1.54, 1.807) is 0 Å². The maximum atomic E-state index is 12.3. The zero-order valence-electron chi connectivity index (χ0n) is 12.4. The van der Waals surface area contributed by atoms with Crippen LogP contribution in [0.5, 0.6) is 0 Å². The minimum absolute atomic E-state index is 0.0270. The summed E-state index contributed by atoms with van der Waals surface area (Å²) >= 11 is 1.49. The van der Waals surface area contributed by atoms with Crippen molar-refractivity contribution in [2.45, 2.75) is 38.1 Å². The molecule has 3 heterocycles. The van der Waals surface area contributed by atoms with Crippen molar-refractivity contribution < 1.29 is 9.59 Å². The number of thiophene rings is 1. The van der Waals surface area contributed by atoms with Crippen molar-refractivity contribution in [3.05, 3.63) is 26.6 Å². The highest BCUT2D eigenvalue weighted by molar-refractivity contribution is 7.18. The summed E-state index contributed by atoms with van der Waals surface area (Å²) in [4.78, 5) is 45.0. The first-order valence-corrected chi connectivity index (χ1v) is 8.58. The van der Waals surface area contributed by atoms with Crippen LogP contribution in [-0.4, -0.2) is 34.4 Å². The van der Waals surface area contributed by atoms with Crippen LogP contribution in [0.2, 0.25) is 0 Å². The first-order chi connectivity index (χ1) is 11.1. The van der Waals surface area contributed by atoms with Crippen LogP contribution in [-0.2, 0) is 17.6 Å². The molecule has 0 aromatic carbocycles. The van der Waals surface area contributed by atoms with Gasteiger partial charge in [0.2, 0.25) is 11.7 Å². The molecule has 7 nitrogen and oxygen atoms in total. The molecule has 1 atom stereocenters. The van der Waals surface area contributed by atoms with Crippen LogP contribution in [0, 0.1) is 0 Å². The molecule has 1 fully saturated rings. The Kier molecular flexibility index (Phi) is 3.41. The van der Waals surface area contributed by atoms with Crippen molar-refractivity contribution in [2.75, 3.05) is 6.54 Å². The largest absolute Gasteiger partial charge is 0.354 e. The number of carbonyl (C=O) groups is 2. The van der Waals surface area contributed by atoms with Gasteiger partial charge in [0.25, 0.3) is 11.5 Å². The van der Waals surface area contributed by atoms with E-state index < -0.39 is 11.9 Å². The zero-order valence-corrected chi connectivity index (χ0v) is 13.2. The van der Waals surface area contributed by atoms with Gasteiger partial charge in [-0.1, -0.05) is 0 Å². The number of hydrogen-bond donors (Lipinski definition) is 3. The third kappa shape index (κ3) is 2.42. The SMILES string of the molecule is O=C(NC1CCCNC1=O)c1nc2sc3c(c2c(=O)[nH]1)CCC3. The van der Waals surface area contributed by atoms with E-state index in [2.05, 4.69) is 20.6 Å². The smallest absolute Gasteiger partial charge is 0.287 e. The van der Waals surface area contributed by atoms with Gasteiger partial charge in [-0.05, 0) is 37.7 Å². The highest BCUT2D eigenvalue weighted by Crippen LogP contribution is 2.34. The highest BCUT2D eigenvalue weighted by atomic mass is 32.1. The second kappa shape index (κ2) is 5.45. The molecule has 1 saturated heterocycles. The van der Waals surface area contributed by atoms with Crippen molar-refractivity contribution in [1.29, 1.82) is 0 Å². The number of aromatic amines is 1. The molecule has 120 valence electrons. The lowest BCUT2D eigenvalue weighted by Gasteiger charge is -2.22. The number of nitrogens with one attached hydrogen (secondary N) is 3. The van der Waals surface area contributed by atoms with Gasteiger partial charge in [-0.25, -0.2) is 4.98 Å². The van der Waals surface area contributed by atoms with Gasteiger partial charge in [0, 0.05) is 11.4 Å². The van der Waals surface area contributed by atoms with Gasteiger partial charge in [-0.3, -0.25) is 14.4 Å². The van der Waals surface area contributed by atoms with Crippen LogP contribution < -0.4 is 16.2 Å². The Bertz CT molecular complexity index is 869. The van der Waals surface area contributed by atoms with E-state index in [0.717, 1.165) is 31.2 Å². The number of amides is 2. The summed E-state index contributed by atoms with van der Waals surface area (Å²) in [5.41, 5.74) is 0.810. The molecule has 1 aliphatic heterocycles. The topological polar surface area (TPSA) is 104 Å². The van der Waals surface area contributed by atoms with Gasteiger partial charge >= 0.3 is 0 Å². The minimum Gasteiger partial charge on any atom is -0.354 e. The van der Waals surface area contributed by atoms with Crippen molar-refractivity contribution in [2.24, 2.45) is 0 Å². The monoisotopic (exact) mass is 332 g/mol. The van der Waals surface area contributed by atoms with E-state index >= 15 is 0 Å². The quantitative estimate of drug-likeness (QED) is 0.744. The fourth-order valence-corrected chi connectivity index (χ4v) is 4.51. The highest BCUT2D eigenvalue weighted by Gasteiger charge is 2.26. The predicted octanol–water partition coefficient (Wildman–Crippen LogP) is 0.482. The Labute approximate surface area is 135 Å². The number of carbonyl (C=O) groups excluding carboxylic acids is 2. The summed E-state index contributed by atoms with van der Waals surface area (Å²) in [7, 11) is 0. The molecule has 1 unspecified atom stereocenters. The average molecular weight is 332 g/mol. The van der Waals surface area contributed by atoms with E-state index in [-0.39, 0.29) is 17.3 Å². The van der Waals surface area contributed by atoms with Crippen molar-refractivity contribution in [1.82, 2.24) is 20.6 Å². The molecular weight excluding hydrogens is 316 g/mol. The minimum atomic E-state index is -0.564. The second-order valence-corrected chi connectivity index (χ2v) is 6.99. The van der Waals surface area contributed by atoms with Crippen LogP contribution in [0.25, 0.3) is 10.2 Å². The Morgan fingerprint density at radius 2 is 2.13 bits per heavy atom. The predicted molar refractivity (Wildman–Crippen MR) is 85.8 cm³/mol. The molecule has 0 radical (unpaired) electrons. The summed E-state index contributed by atoms with van der Waals surface area (Å²) in [5.74, 6) is -0.733. The third-order valence-corrected chi connectivity index (χ3v) is 5.57. The van der Waals surface area contributed by atoms with Gasteiger partial charge in [0.05, 0.1) is 5.39 Å². The molecular formula is C15H16N4O3S. The summed E-state index contributed by atoms with van der Waals surface area (Å²) in [6, 6.07) is -0.564. The number of rotatable bonds is 2. The number of nitrogens with zero attached hydrogens (tertiary/aromatic N) is 1. The molecule has 0 bridgehead atoms. The molecule has 0 saturated carbocycles. The van der Waals surface area contributed by atoms with Gasteiger partial charge in [0.15, 0.2) is 0 Å². The number of fused-ring (bicyclic) bond motifs is 3. The molecule has 23 heavy (non-hydrogen) atoms. The lowest BCUT2D eigenvalue weighted by Crippen LogP contribution is -2.50. The number of hydrogen-bond acceptors (Lipinski definition) is 5. The molecule has 1 aliphatic carbocycles. The lowest BCUT2D eigenvalue weighted by molar-refractivity contribution is -0.124. The lowest BCUT2D eigenvalue weighted by atomic mass is 10.1. The maximum Gasteiger partial charge on any atom is 0.287 e. The molecule has 0 spiro atoms. The van der Waals surface area contributed by atoms with Crippen LogP contribution >= 0.6 is 11.3 Å². The number of aromatic nitrogens is 2. The third-order valence-electron chi connectivity index (χ3n) is 4.38. The van der Waals surface area contributed by atoms with E-state index in [0.29, 0.717) is 23.2 Å². The number of aryl methyl sites for hydroxylation is 2. The van der Waals surface area contributed by atoms with Crippen molar-refractivity contribution in [3.63, 3.8) is 0 Å². The number of piperidine rings is 1. The summed E-state index contributed by atoms with van der Waals surface area (Å²) in [6.45, 7) is 0.632. The molecule has 2 aromatic rings. The summed E-state index contributed by atoms with van der Waals surface area (Å²) in [5, 5.41) is 5.98.